The molecule has 0 radical (unpaired) electrons. The first-order valence-corrected chi connectivity index (χ1v) is 5.66. The van der Waals surface area contributed by atoms with E-state index in [1.54, 1.807) is 18.2 Å². The molecule has 1 aromatic carbocycles. The second kappa shape index (κ2) is 5.61. The second-order valence-corrected chi connectivity index (χ2v) is 3.91. The summed E-state index contributed by atoms with van der Waals surface area (Å²) in [5, 5.41) is 8.63. The van der Waals surface area contributed by atoms with E-state index in [1.807, 2.05) is 6.07 Å². The lowest BCUT2D eigenvalue weighted by atomic mass is 10.0. The van der Waals surface area contributed by atoms with E-state index in [1.165, 1.54) is 24.4 Å². The molecule has 1 heterocycles. The Morgan fingerprint density at radius 2 is 1.95 bits per heavy atom. The summed E-state index contributed by atoms with van der Waals surface area (Å²) in [4.78, 5) is 3.97. The van der Waals surface area contributed by atoms with E-state index in [0.717, 1.165) is 0 Å². The number of ether oxygens (including phenoxy) is 1. The molecule has 0 amide bonds. The highest BCUT2D eigenvalue weighted by Gasteiger charge is 2.32. The standard InChI is InChI=1S/C14H9F3N2O/c15-14(16,17)20-13-4-2-1-3-12(13)10-6-8-19-11(9-10)5-7-18/h1-4,6,8-9H,5H2. The molecule has 0 aliphatic rings. The molecule has 2 rings (SSSR count). The third-order valence-corrected chi connectivity index (χ3v) is 2.50. The van der Waals surface area contributed by atoms with Crippen molar-refractivity contribution in [3.05, 3.63) is 48.3 Å². The van der Waals surface area contributed by atoms with Crippen LogP contribution in [0.1, 0.15) is 5.69 Å². The number of hydrogen-bond donors (Lipinski definition) is 0. The molecule has 6 heteroatoms. The first kappa shape index (κ1) is 13.9. The average Bonchev–Trinajstić information content (AvgIpc) is 2.38. The zero-order valence-corrected chi connectivity index (χ0v) is 10.2. The van der Waals surface area contributed by atoms with Crippen molar-refractivity contribution in [3.63, 3.8) is 0 Å². The Bertz CT molecular complexity index is 647. The SMILES string of the molecule is N#CCc1cc(-c2ccccc2OC(F)(F)F)ccn1. The molecule has 0 bridgehead atoms. The number of pyridine rings is 1. The third kappa shape index (κ3) is 3.48. The summed E-state index contributed by atoms with van der Waals surface area (Å²) < 4.78 is 41.1. The van der Waals surface area contributed by atoms with Crippen LogP contribution in [0.15, 0.2) is 42.6 Å². The van der Waals surface area contributed by atoms with E-state index in [-0.39, 0.29) is 12.2 Å². The van der Waals surface area contributed by atoms with Crippen LogP contribution in [0.3, 0.4) is 0 Å². The van der Waals surface area contributed by atoms with Gasteiger partial charge in [-0.25, -0.2) is 0 Å². The molecule has 102 valence electrons. The summed E-state index contributed by atoms with van der Waals surface area (Å²) in [6, 6.07) is 10.9. The lowest BCUT2D eigenvalue weighted by Crippen LogP contribution is -2.17. The Morgan fingerprint density at radius 3 is 2.65 bits per heavy atom. The predicted molar refractivity (Wildman–Crippen MR) is 65.7 cm³/mol. The molecule has 0 aliphatic heterocycles. The van der Waals surface area contributed by atoms with Gasteiger partial charge in [-0.05, 0) is 23.8 Å². The quantitative estimate of drug-likeness (QED) is 0.859. The molecular weight excluding hydrogens is 269 g/mol. The van der Waals surface area contributed by atoms with Gasteiger partial charge in [0.1, 0.15) is 5.75 Å². The Balaban J connectivity index is 2.42. The number of aromatic nitrogens is 1. The van der Waals surface area contributed by atoms with Gasteiger partial charge in [0, 0.05) is 11.8 Å². The number of nitriles is 1. The maximum Gasteiger partial charge on any atom is 0.573 e. The molecule has 0 saturated heterocycles. The van der Waals surface area contributed by atoms with Crippen molar-refractivity contribution in [2.45, 2.75) is 12.8 Å². The van der Waals surface area contributed by atoms with Crippen LogP contribution in [-0.2, 0) is 6.42 Å². The van der Waals surface area contributed by atoms with Gasteiger partial charge < -0.3 is 4.74 Å². The number of alkyl halides is 3. The highest BCUT2D eigenvalue weighted by Crippen LogP contribution is 2.33. The fraction of sp³-hybridized carbons (Fsp3) is 0.143. The smallest absolute Gasteiger partial charge is 0.405 e. The number of para-hydroxylation sites is 1. The summed E-state index contributed by atoms with van der Waals surface area (Å²) in [6.45, 7) is 0. The van der Waals surface area contributed by atoms with Gasteiger partial charge in [-0.15, -0.1) is 13.2 Å². The Kier molecular flexibility index (Phi) is 3.89. The first-order chi connectivity index (χ1) is 9.49. The molecule has 0 atom stereocenters. The summed E-state index contributed by atoms with van der Waals surface area (Å²) >= 11 is 0. The largest absolute Gasteiger partial charge is 0.573 e. The van der Waals surface area contributed by atoms with Gasteiger partial charge in [-0.2, -0.15) is 5.26 Å². The normalized spacial score (nSPS) is 10.9. The number of nitrogens with zero attached hydrogens (tertiary/aromatic N) is 2. The Morgan fingerprint density at radius 1 is 1.20 bits per heavy atom. The van der Waals surface area contributed by atoms with E-state index >= 15 is 0 Å². The number of halogens is 3. The minimum atomic E-state index is -4.75. The van der Waals surface area contributed by atoms with Gasteiger partial charge in [0.25, 0.3) is 0 Å². The van der Waals surface area contributed by atoms with Crippen molar-refractivity contribution >= 4 is 0 Å². The topological polar surface area (TPSA) is 45.9 Å². The average molecular weight is 278 g/mol. The fourth-order valence-electron chi connectivity index (χ4n) is 1.74. The van der Waals surface area contributed by atoms with Crippen molar-refractivity contribution in [1.82, 2.24) is 4.98 Å². The lowest BCUT2D eigenvalue weighted by Gasteiger charge is -2.13. The molecule has 20 heavy (non-hydrogen) atoms. The van der Waals surface area contributed by atoms with Crippen molar-refractivity contribution < 1.29 is 17.9 Å². The summed E-state index contributed by atoms with van der Waals surface area (Å²) in [5.74, 6) is -0.283. The van der Waals surface area contributed by atoms with Gasteiger partial charge in [0.15, 0.2) is 0 Å². The van der Waals surface area contributed by atoms with E-state index in [4.69, 9.17) is 5.26 Å². The zero-order valence-electron chi connectivity index (χ0n) is 10.2. The van der Waals surface area contributed by atoms with E-state index in [2.05, 4.69) is 9.72 Å². The van der Waals surface area contributed by atoms with Crippen LogP contribution in [-0.4, -0.2) is 11.3 Å². The maximum absolute atomic E-state index is 12.4. The predicted octanol–water partition coefficient (Wildman–Crippen LogP) is 3.71. The van der Waals surface area contributed by atoms with Crippen LogP contribution in [0.4, 0.5) is 13.2 Å². The van der Waals surface area contributed by atoms with Gasteiger partial charge in [-0.3, -0.25) is 4.98 Å². The van der Waals surface area contributed by atoms with Gasteiger partial charge >= 0.3 is 6.36 Å². The third-order valence-electron chi connectivity index (χ3n) is 2.50. The Labute approximate surface area is 113 Å². The summed E-state index contributed by atoms with van der Waals surface area (Å²) in [6.07, 6.45) is -3.21. The molecule has 0 fully saturated rings. The molecule has 2 aromatic rings. The summed E-state index contributed by atoms with van der Waals surface area (Å²) in [7, 11) is 0. The maximum atomic E-state index is 12.4. The first-order valence-electron chi connectivity index (χ1n) is 5.66. The highest BCUT2D eigenvalue weighted by atomic mass is 19.4. The van der Waals surface area contributed by atoms with Gasteiger partial charge in [0.2, 0.25) is 0 Å². The van der Waals surface area contributed by atoms with Crippen LogP contribution in [0.2, 0.25) is 0 Å². The molecule has 0 aliphatic carbocycles. The van der Waals surface area contributed by atoms with Gasteiger partial charge in [-0.1, -0.05) is 18.2 Å². The number of benzene rings is 1. The molecule has 0 saturated carbocycles. The van der Waals surface area contributed by atoms with Crippen LogP contribution in [0.25, 0.3) is 11.1 Å². The molecule has 1 aromatic heterocycles. The van der Waals surface area contributed by atoms with Crippen LogP contribution in [0.5, 0.6) is 5.75 Å². The van der Waals surface area contributed by atoms with Crippen LogP contribution >= 0.6 is 0 Å². The van der Waals surface area contributed by atoms with Crippen molar-refractivity contribution in [3.8, 4) is 22.9 Å². The van der Waals surface area contributed by atoms with E-state index < -0.39 is 6.36 Å². The van der Waals surface area contributed by atoms with E-state index in [9.17, 15) is 13.2 Å². The van der Waals surface area contributed by atoms with Crippen molar-refractivity contribution in [1.29, 1.82) is 5.26 Å². The molecule has 0 N–H and O–H groups in total. The van der Waals surface area contributed by atoms with Crippen LogP contribution < -0.4 is 4.74 Å². The molecule has 0 spiro atoms. The summed E-state index contributed by atoms with van der Waals surface area (Å²) in [5.41, 5.74) is 1.31. The number of hydrogen-bond acceptors (Lipinski definition) is 3. The minimum absolute atomic E-state index is 0.0934. The monoisotopic (exact) mass is 278 g/mol. The van der Waals surface area contributed by atoms with Crippen LogP contribution in [0, 0.1) is 11.3 Å². The highest BCUT2D eigenvalue weighted by molar-refractivity contribution is 5.70. The van der Waals surface area contributed by atoms with Gasteiger partial charge in [0.05, 0.1) is 18.2 Å². The van der Waals surface area contributed by atoms with Crippen molar-refractivity contribution in [2.24, 2.45) is 0 Å². The molecule has 3 nitrogen and oxygen atoms in total. The molecular formula is C14H9F3N2O. The zero-order chi connectivity index (χ0) is 14.6. The second-order valence-electron chi connectivity index (χ2n) is 3.91. The van der Waals surface area contributed by atoms with E-state index in [0.29, 0.717) is 16.8 Å². The fourth-order valence-corrected chi connectivity index (χ4v) is 1.74. The lowest BCUT2D eigenvalue weighted by molar-refractivity contribution is -0.274. The molecule has 0 unspecified atom stereocenters. The van der Waals surface area contributed by atoms with Crippen molar-refractivity contribution in [2.75, 3.05) is 0 Å². The number of rotatable bonds is 3. The minimum Gasteiger partial charge on any atom is -0.405 e. The Hall–Kier alpha value is -2.55.